The first-order chi connectivity index (χ1) is 6.47. The normalized spacial score (nSPS) is 13.2. The van der Waals surface area contributed by atoms with Gasteiger partial charge in [0.25, 0.3) is 0 Å². The molecule has 0 unspecified atom stereocenters. The van der Waals surface area contributed by atoms with Crippen LogP contribution in [0, 0.1) is 5.92 Å². The van der Waals surface area contributed by atoms with E-state index >= 15 is 0 Å². The minimum Gasteiger partial charge on any atom is -0.409 e. The highest BCUT2D eigenvalue weighted by Crippen LogP contribution is 2.04. The quantitative estimate of drug-likeness (QED) is 0.296. The smallest absolute Gasteiger partial charge is 0.140 e. The van der Waals surface area contributed by atoms with Crippen molar-refractivity contribution in [3.63, 3.8) is 0 Å². The molecule has 0 amide bonds. The number of oxime groups is 1. The Morgan fingerprint density at radius 2 is 1.93 bits per heavy atom. The summed E-state index contributed by atoms with van der Waals surface area (Å²) in [5, 5.41) is 11.4. The van der Waals surface area contributed by atoms with Gasteiger partial charge in [0.05, 0.1) is 0 Å². The second-order valence-corrected chi connectivity index (χ2v) is 4.32. The van der Waals surface area contributed by atoms with E-state index in [4.69, 9.17) is 10.9 Å². The third-order valence-corrected chi connectivity index (χ3v) is 2.11. The summed E-state index contributed by atoms with van der Waals surface area (Å²) in [6.07, 6.45) is 0.626. The summed E-state index contributed by atoms with van der Waals surface area (Å²) in [5.41, 5.74) is 5.43. The van der Waals surface area contributed by atoms with Gasteiger partial charge in [-0.1, -0.05) is 19.0 Å². The molecule has 0 bridgehead atoms. The molecule has 0 aliphatic rings. The lowest BCUT2D eigenvalue weighted by Gasteiger charge is -2.27. The Kier molecular flexibility index (Phi) is 6.28. The average Bonchev–Trinajstić information content (AvgIpc) is 2.10. The summed E-state index contributed by atoms with van der Waals surface area (Å²) in [7, 11) is 0. The van der Waals surface area contributed by atoms with Crippen molar-refractivity contribution in [2.24, 2.45) is 16.8 Å². The second-order valence-electron chi connectivity index (χ2n) is 4.32. The molecule has 0 heterocycles. The van der Waals surface area contributed by atoms with Gasteiger partial charge in [-0.25, -0.2) is 0 Å². The van der Waals surface area contributed by atoms with E-state index in [0.29, 0.717) is 24.2 Å². The maximum Gasteiger partial charge on any atom is 0.140 e. The predicted molar refractivity (Wildman–Crippen MR) is 59.6 cm³/mol. The molecular formula is C10H23N3O. The van der Waals surface area contributed by atoms with Crippen molar-refractivity contribution in [1.82, 2.24) is 4.90 Å². The van der Waals surface area contributed by atoms with Crippen molar-refractivity contribution in [2.45, 2.75) is 40.2 Å². The highest BCUT2D eigenvalue weighted by Gasteiger charge is 2.11. The zero-order valence-corrected chi connectivity index (χ0v) is 9.70. The van der Waals surface area contributed by atoms with Crippen LogP contribution in [-0.2, 0) is 0 Å². The number of rotatable bonds is 6. The first-order valence-electron chi connectivity index (χ1n) is 5.17. The topological polar surface area (TPSA) is 61.8 Å². The predicted octanol–water partition coefficient (Wildman–Crippen LogP) is 1.49. The van der Waals surface area contributed by atoms with Gasteiger partial charge in [0.2, 0.25) is 0 Å². The van der Waals surface area contributed by atoms with Gasteiger partial charge in [0.15, 0.2) is 0 Å². The fourth-order valence-corrected chi connectivity index (χ4v) is 1.34. The molecule has 0 aliphatic carbocycles. The monoisotopic (exact) mass is 201 g/mol. The molecule has 0 spiro atoms. The summed E-state index contributed by atoms with van der Waals surface area (Å²) in [4.78, 5) is 2.34. The molecular weight excluding hydrogens is 178 g/mol. The molecule has 0 aromatic carbocycles. The highest BCUT2D eigenvalue weighted by atomic mass is 16.4. The Bertz CT molecular complexity index is 178. The maximum absolute atomic E-state index is 8.41. The van der Waals surface area contributed by atoms with Crippen molar-refractivity contribution in [3.05, 3.63) is 0 Å². The molecule has 4 heteroatoms. The largest absolute Gasteiger partial charge is 0.409 e. The van der Waals surface area contributed by atoms with Crippen LogP contribution in [-0.4, -0.2) is 35.1 Å². The molecule has 0 radical (unpaired) electrons. The molecule has 0 rings (SSSR count). The van der Waals surface area contributed by atoms with Crippen molar-refractivity contribution in [3.8, 4) is 0 Å². The third kappa shape index (κ3) is 5.80. The molecule has 0 saturated heterocycles. The number of nitrogens with two attached hydrogens (primary N) is 1. The number of hydrogen-bond acceptors (Lipinski definition) is 3. The number of amidine groups is 1. The Morgan fingerprint density at radius 1 is 1.36 bits per heavy atom. The van der Waals surface area contributed by atoms with Gasteiger partial charge in [-0.15, -0.1) is 0 Å². The molecule has 0 saturated carbocycles. The van der Waals surface area contributed by atoms with E-state index in [2.05, 4.69) is 37.8 Å². The lowest BCUT2D eigenvalue weighted by Crippen LogP contribution is -2.36. The molecule has 84 valence electrons. The van der Waals surface area contributed by atoms with Gasteiger partial charge < -0.3 is 15.8 Å². The van der Waals surface area contributed by atoms with E-state index in [1.165, 1.54) is 0 Å². The Labute approximate surface area is 86.8 Å². The summed E-state index contributed by atoms with van der Waals surface area (Å²) < 4.78 is 0. The molecule has 0 fully saturated rings. The van der Waals surface area contributed by atoms with E-state index in [9.17, 15) is 0 Å². The van der Waals surface area contributed by atoms with Gasteiger partial charge in [0, 0.05) is 25.6 Å². The zero-order chi connectivity index (χ0) is 11.1. The highest BCUT2D eigenvalue weighted by molar-refractivity contribution is 5.79. The number of hydrogen-bond donors (Lipinski definition) is 2. The zero-order valence-electron chi connectivity index (χ0n) is 9.70. The molecule has 0 aliphatic heterocycles. The van der Waals surface area contributed by atoms with Gasteiger partial charge in [-0.05, 0) is 19.8 Å². The summed E-state index contributed by atoms with van der Waals surface area (Å²) in [5.74, 6) is 0.948. The van der Waals surface area contributed by atoms with Crippen LogP contribution in [0.1, 0.15) is 34.1 Å². The minimum absolute atomic E-state index is 0.305. The molecule has 0 atom stereocenters. The first-order valence-corrected chi connectivity index (χ1v) is 5.17. The van der Waals surface area contributed by atoms with E-state index in [-0.39, 0.29) is 0 Å². The molecule has 3 N–H and O–H groups in total. The number of nitrogens with zero attached hydrogens (tertiary/aromatic N) is 2. The van der Waals surface area contributed by atoms with Gasteiger partial charge in [-0.2, -0.15) is 0 Å². The molecule has 0 aromatic rings. The van der Waals surface area contributed by atoms with Crippen LogP contribution in [0.5, 0.6) is 0 Å². The van der Waals surface area contributed by atoms with E-state index in [1.54, 1.807) is 0 Å². The van der Waals surface area contributed by atoms with Crippen LogP contribution in [0.25, 0.3) is 0 Å². The lowest BCUT2D eigenvalue weighted by molar-refractivity contribution is 0.202. The van der Waals surface area contributed by atoms with Crippen LogP contribution in [0.3, 0.4) is 0 Å². The van der Waals surface area contributed by atoms with Crippen LogP contribution in [0.2, 0.25) is 0 Å². The minimum atomic E-state index is 0.305. The maximum atomic E-state index is 8.41. The SMILES string of the molecule is CC(C)CN(CCC(N)=NO)C(C)C. The van der Waals surface area contributed by atoms with E-state index in [1.807, 2.05) is 0 Å². The van der Waals surface area contributed by atoms with Crippen LogP contribution >= 0.6 is 0 Å². The average molecular weight is 201 g/mol. The van der Waals surface area contributed by atoms with Crippen LogP contribution in [0.4, 0.5) is 0 Å². The Morgan fingerprint density at radius 3 is 2.29 bits per heavy atom. The Hall–Kier alpha value is -0.770. The fourth-order valence-electron chi connectivity index (χ4n) is 1.34. The summed E-state index contributed by atoms with van der Waals surface area (Å²) in [6, 6.07) is 0.504. The van der Waals surface area contributed by atoms with Crippen molar-refractivity contribution in [2.75, 3.05) is 13.1 Å². The molecule has 14 heavy (non-hydrogen) atoms. The third-order valence-electron chi connectivity index (χ3n) is 2.11. The fraction of sp³-hybridized carbons (Fsp3) is 0.900. The van der Waals surface area contributed by atoms with Gasteiger partial charge in [0.1, 0.15) is 5.84 Å². The second kappa shape index (κ2) is 6.65. The molecule has 0 aromatic heterocycles. The van der Waals surface area contributed by atoms with Crippen molar-refractivity contribution >= 4 is 5.84 Å². The standard InChI is InChI=1S/C10H23N3O/c1-8(2)7-13(9(3)4)6-5-10(11)12-14/h8-9,14H,5-7H2,1-4H3,(H2,11,12). The van der Waals surface area contributed by atoms with Gasteiger partial charge >= 0.3 is 0 Å². The van der Waals surface area contributed by atoms with E-state index in [0.717, 1.165) is 13.1 Å². The van der Waals surface area contributed by atoms with Crippen molar-refractivity contribution in [1.29, 1.82) is 0 Å². The van der Waals surface area contributed by atoms with Crippen molar-refractivity contribution < 1.29 is 5.21 Å². The molecule has 4 nitrogen and oxygen atoms in total. The van der Waals surface area contributed by atoms with Crippen LogP contribution < -0.4 is 5.73 Å². The van der Waals surface area contributed by atoms with E-state index < -0.39 is 0 Å². The summed E-state index contributed by atoms with van der Waals surface area (Å²) in [6.45, 7) is 10.6. The first kappa shape index (κ1) is 13.2. The van der Waals surface area contributed by atoms with Gasteiger partial charge in [-0.3, -0.25) is 0 Å². The lowest BCUT2D eigenvalue weighted by atomic mass is 10.1. The Balaban J connectivity index is 3.97. The summed E-state index contributed by atoms with van der Waals surface area (Å²) >= 11 is 0. The van der Waals surface area contributed by atoms with Crippen LogP contribution in [0.15, 0.2) is 5.16 Å².